The monoisotopic (exact) mass is 229 g/mol. The molecule has 1 aliphatic heterocycles. The fourth-order valence-corrected chi connectivity index (χ4v) is 2.15. The Morgan fingerprint density at radius 1 is 0.941 bits per heavy atom. The first-order valence-electron chi connectivity index (χ1n) is 5.83. The number of hydrogen-bond acceptors (Lipinski definition) is 4. The number of para-hydroxylation sites is 1. The largest absolute Gasteiger partial charge is 0.368 e. The van der Waals surface area contributed by atoms with Gasteiger partial charge in [0.15, 0.2) is 0 Å². The highest BCUT2D eigenvalue weighted by atomic mass is 15.7. The zero-order valence-corrected chi connectivity index (χ0v) is 9.61. The fourth-order valence-electron chi connectivity index (χ4n) is 2.15. The van der Waals surface area contributed by atoms with Gasteiger partial charge in [-0.15, -0.1) is 5.10 Å². The van der Waals surface area contributed by atoms with Gasteiger partial charge in [-0.3, -0.25) is 5.01 Å². The molecule has 2 heterocycles. The predicted octanol–water partition coefficient (Wildman–Crippen LogP) is 0.736. The van der Waals surface area contributed by atoms with Crippen LogP contribution < -0.4 is 9.91 Å². The van der Waals surface area contributed by atoms with Crippen molar-refractivity contribution in [2.24, 2.45) is 0 Å². The topological polar surface area (TPSA) is 37.2 Å². The molecule has 0 spiro atoms. The molecule has 3 rings (SSSR count). The van der Waals surface area contributed by atoms with E-state index in [0.717, 1.165) is 26.2 Å². The first kappa shape index (κ1) is 10.1. The number of piperazine rings is 1. The molecule has 1 fully saturated rings. The summed E-state index contributed by atoms with van der Waals surface area (Å²) in [7, 11) is 0. The van der Waals surface area contributed by atoms with Crippen LogP contribution in [-0.4, -0.2) is 41.1 Å². The molecule has 5 nitrogen and oxygen atoms in total. The lowest BCUT2D eigenvalue weighted by molar-refractivity contribution is 0.489. The number of rotatable bonds is 2. The molecule has 0 atom stereocenters. The lowest BCUT2D eigenvalue weighted by atomic mass is 10.2. The maximum Gasteiger partial charge on any atom is 0.139 e. The number of aromatic nitrogens is 3. The average molecular weight is 229 g/mol. The lowest BCUT2D eigenvalue weighted by Gasteiger charge is -2.36. The van der Waals surface area contributed by atoms with E-state index in [9.17, 15) is 0 Å². The molecule has 0 unspecified atom stereocenters. The molecule has 0 amide bonds. The van der Waals surface area contributed by atoms with Crippen LogP contribution in [-0.2, 0) is 0 Å². The molecule has 0 radical (unpaired) electrons. The highest BCUT2D eigenvalue weighted by Gasteiger charge is 2.17. The molecule has 1 aliphatic rings. The smallest absolute Gasteiger partial charge is 0.139 e. The van der Waals surface area contributed by atoms with Crippen LogP contribution in [0.25, 0.3) is 0 Å². The quantitative estimate of drug-likeness (QED) is 0.761. The van der Waals surface area contributed by atoms with Gasteiger partial charge in [0.25, 0.3) is 0 Å². The van der Waals surface area contributed by atoms with Gasteiger partial charge in [0.1, 0.15) is 12.7 Å². The van der Waals surface area contributed by atoms with E-state index in [0.29, 0.717) is 0 Å². The van der Waals surface area contributed by atoms with Gasteiger partial charge in [-0.2, -0.15) is 4.79 Å². The summed E-state index contributed by atoms with van der Waals surface area (Å²) in [6.07, 6.45) is 3.32. The van der Waals surface area contributed by atoms with Gasteiger partial charge in [0, 0.05) is 18.8 Å². The molecule has 2 aromatic rings. The Labute approximate surface area is 100 Å². The number of benzene rings is 1. The van der Waals surface area contributed by atoms with E-state index in [2.05, 4.69) is 50.3 Å². The molecule has 0 N–H and O–H groups in total. The Balaban J connectivity index is 1.65. The van der Waals surface area contributed by atoms with E-state index in [4.69, 9.17) is 0 Å². The number of nitrogens with zero attached hydrogens (tertiary/aromatic N) is 5. The Kier molecular flexibility index (Phi) is 2.65. The first-order chi connectivity index (χ1) is 8.43. The first-order valence-corrected chi connectivity index (χ1v) is 5.83. The second kappa shape index (κ2) is 4.45. The molecule has 0 saturated carbocycles. The number of hydrogen-bond donors (Lipinski definition) is 0. The van der Waals surface area contributed by atoms with Gasteiger partial charge < -0.3 is 4.90 Å². The van der Waals surface area contributed by atoms with Crippen molar-refractivity contribution < 1.29 is 0 Å². The third kappa shape index (κ3) is 2.08. The summed E-state index contributed by atoms with van der Waals surface area (Å²) in [5, 5.41) is 6.35. The van der Waals surface area contributed by atoms with Gasteiger partial charge in [-0.05, 0) is 12.1 Å². The van der Waals surface area contributed by atoms with Gasteiger partial charge in [0.2, 0.25) is 0 Å². The van der Waals surface area contributed by atoms with Crippen LogP contribution >= 0.6 is 0 Å². The highest BCUT2D eigenvalue weighted by Crippen LogP contribution is 2.14. The van der Waals surface area contributed by atoms with Crippen molar-refractivity contribution in [3.8, 4) is 0 Å². The minimum absolute atomic E-state index is 0.970. The van der Waals surface area contributed by atoms with E-state index >= 15 is 0 Å². The van der Waals surface area contributed by atoms with Crippen LogP contribution in [0.1, 0.15) is 0 Å². The Morgan fingerprint density at radius 3 is 2.35 bits per heavy atom. The summed E-state index contributed by atoms with van der Waals surface area (Å²) < 4.78 is 0. The molecule has 1 saturated heterocycles. The van der Waals surface area contributed by atoms with E-state index in [1.165, 1.54) is 5.69 Å². The normalized spacial score (nSPS) is 16.2. The van der Waals surface area contributed by atoms with Crippen LogP contribution in [0.5, 0.6) is 0 Å². The predicted molar refractivity (Wildman–Crippen MR) is 66.6 cm³/mol. The Hall–Kier alpha value is -2.04. The zero-order valence-electron chi connectivity index (χ0n) is 9.61. The average Bonchev–Trinajstić information content (AvgIpc) is 2.94. The van der Waals surface area contributed by atoms with Crippen molar-refractivity contribution in [1.82, 2.24) is 14.9 Å². The highest BCUT2D eigenvalue weighted by molar-refractivity contribution is 5.46. The maximum absolute atomic E-state index is 4.15. The van der Waals surface area contributed by atoms with Crippen molar-refractivity contribution in [1.29, 1.82) is 0 Å². The zero-order chi connectivity index (χ0) is 11.5. The fraction of sp³-hybridized carbons (Fsp3) is 0.333. The molecule has 88 valence electrons. The number of anilines is 1. The van der Waals surface area contributed by atoms with E-state index in [1.54, 1.807) is 12.7 Å². The minimum Gasteiger partial charge on any atom is -0.368 e. The summed E-state index contributed by atoms with van der Waals surface area (Å²) >= 11 is 0. The Bertz CT molecular complexity index is 445. The standard InChI is InChI=1S/C12H15N5/c1-2-4-12(5-3-1)15-6-8-16(9-7-15)17-11-13-10-14-17/h1-5,10-11H,6-9H2. The summed E-state index contributed by atoms with van der Waals surface area (Å²) in [6.45, 7) is 3.98. The molecular weight excluding hydrogens is 214 g/mol. The summed E-state index contributed by atoms with van der Waals surface area (Å²) in [5.41, 5.74) is 1.30. The van der Waals surface area contributed by atoms with Gasteiger partial charge in [-0.1, -0.05) is 18.2 Å². The van der Waals surface area contributed by atoms with Crippen molar-refractivity contribution in [2.75, 3.05) is 36.1 Å². The van der Waals surface area contributed by atoms with Crippen molar-refractivity contribution in [3.05, 3.63) is 43.0 Å². The SMILES string of the molecule is c1ccc(N2CCN(n3cncn3)CC2)cc1. The second-order valence-corrected chi connectivity index (χ2v) is 4.09. The molecule has 5 heteroatoms. The summed E-state index contributed by atoms with van der Waals surface area (Å²) in [4.78, 5) is 8.19. The van der Waals surface area contributed by atoms with Crippen LogP contribution in [0.2, 0.25) is 0 Å². The van der Waals surface area contributed by atoms with Crippen LogP contribution in [0.4, 0.5) is 5.69 Å². The van der Waals surface area contributed by atoms with Gasteiger partial charge in [-0.25, -0.2) is 4.98 Å². The second-order valence-electron chi connectivity index (χ2n) is 4.09. The van der Waals surface area contributed by atoms with Crippen LogP contribution in [0.15, 0.2) is 43.0 Å². The Morgan fingerprint density at radius 2 is 1.71 bits per heavy atom. The van der Waals surface area contributed by atoms with E-state index in [-0.39, 0.29) is 0 Å². The maximum atomic E-state index is 4.15. The third-order valence-electron chi connectivity index (χ3n) is 3.07. The van der Waals surface area contributed by atoms with Crippen molar-refractivity contribution >= 4 is 5.69 Å². The molecule has 0 aliphatic carbocycles. The summed E-state index contributed by atoms with van der Waals surface area (Å²) in [6, 6.07) is 10.5. The molecule has 1 aromatic heterocycles. The molecular formula is C12H15N5. The van der Waals surface area contributed by atoms with Gasteiger partial charge >= 0.3 is 0 Å². The van der Waals surface area contributed by atoms with Gasteiger partial charge in [0.05, 0.1) is 13.1 Å². The third-order valence-corrected chi connectivity index (χ3v) is 3.07. The van der Waals surface area contributed by atoms with Crippen molar-refractivity contribution in [3.63, 3.8) is 0 Å². The summed E-state index contributed by atoms with van der Waals surface area (Å²) in [5.74, 6) is 0. The lowest BCUT2D eigenvalue weighted by Crippen LogP contribution is -2.51. The van der Waals surface area contributed by atoms with Crippen molar-refractivity contribution in [2.45, 2.75) is 0 Å². The molecule has 0 bridgehead atoms. The van der Waals surface area contributed by atoms with E-state index < -0.39 is 0 Å². The minimum atomic E-state index is 0.970. The molecule has 1 aromatic carbocycles. The van der Waals surface area contributed by atoms with Crippen LogP contribution in [0, 0.1) is 0 Å². The molecule has 17 heavy (non-hydrogen) atoms. The van der Waals surface area contributed by atoms with E-state index in [1.807, 2.05) is 4.79 Å². The van der Waals surface area contributed by atoms with Crippen LogP contribution in [0.3, 0.4) is 0 Å².